The first-order valence-electron chi connectivity index (χ1n) is 16.0. The second kappa shape index (κ2) is 13.9. The summed E-state index contributed by atoms with van der Waals surface area (Å²) in [6, 6.07) is 13.2. The predicted octanol–water partition coefficient (Wildman–Crippen LogP) is 8.59. The number of halogens is 7. The first-order chi connectivity index (χ1) is 23.2. The van der Waals surface area contributed by atoms with E-state index in [4.69, 9.17) is 0 Å². The Morgan fingerprint density at radius 3 is 1.78 bits per heavy atom. The zero-order valence-electron chi connectivity index (χ0n) is 26.7. The van der Waals surface area contributed by atoms with Crippen molar-refractivity contribution in [2.75, 3.05) is 13.2 Å². The molecule has 0 bridgehead atoms. The van der Waals surface area contributed by atoms with Crippen LogP contribution in [0.15, 0.2) is 57.9 Å². The molecule has 15 heteroatoms. The Morgan fingerprint density at radius 1 is 0.776 bits per heavy atom. The van der Waals surface area contributed by atoms with Gasteiger partial charge in [-0.25, -0.2) is 9.97 Å². The molecular weight excluding hydrogens is 720 g/mol. The topological polar surface area (TPSA) is 76.1 Å². The molecule has 7 rings (SSSR count). The van der Waals surface area contributed by atoms with Crippen LogP contribution in [0, 0.1) is 0 Å². The third-order valence-corrected chi connectivity index (χ3v) is 9.03. The lowest BCUT2D eigenvalue weighted by atomic mass is 10.0. The summed E-state index contributed by atoms with van der Waals surface area (Å²) in [4.78, 5) is 21.4. The molecule has 2 saturated carbocycles. The van der Waals surface area contributed by atoms with Crippen LogP contribution in [0.4, 0.5) is 26.3 Å². The first-order valence-corrected chi connectivity index (χ1v) is 16.8. The highest BCUT2D eigenvalue weighted by atomic mass is 79.9. The number of nitrogens with zero attached hydrogens (tertiary/aromatic N) is 5. The second-order valence-corrected chi connectivity index (χ2v) is 13.2. The molecular formula is C34H34BrF6N5O3. The van der Waals surface area contributed by atoms with Crippen LogP contribution in [0.25, 0.3) is 33.2 Å². The average Bonchev–Trinajstić information content (AvgIpc) is 3.98. The van der Waals surface area contributed by atoms with E-state index in [-0.39, 0.29) is 18.6 Å². The zero-order chi connectivity index (χ0) is 35.1. The lowest BCUT2D eigenvalue weighted by molar-refractivity contribution is -0.326. The highest BCUT2D eigenvalue weighted by Gasteiger charge is 2.33. The SMILES string of the molecule is CCc1cc(-c2ccc3nc(C4CC4)n(CCOC(F)(F)F)c3c2)cn(C)c1=O.FC(F)(F)OCCn1c(C2CC2)nc2ccc(Br)cc21. The molecule has 0 radical (unpaired) electrons. The van der Waals surface area contributed by atoms with Crippen LogP contribution >= 0.6 is 15.9 Å². The van der Waals surface area contributed by atoms with E-state index in [1.165, 1.54) is 0 Å². The van der Waals surface area contributed by atoms with Crippen molar-refractivity contribution in [2.45, 2.75) is 76.7 Å². The minimum absolute atomic E-state index is 0.0253. The summed E-state index contributed by atoms with van der Waals surface area (Å²) in [5, 5.41) is 0. The first kappa shape index (κ1) is 35.1. The van der Waals surface area contributed by atoms with Crippen LogP contribution in [0.1, 0.15) is 61.7 Å². The number of imidazole rings is 2. The van der Waals surface area contributed by atoms with Gasteiger partial charge in [0.15, 0.2) is 0 Å². The molecule has 8 nitrogen and oxygen atoms in total. The molecule has 49 heavy (non-hydrogen) atoms. The molecule has 0 spiro atoms. The minimum atomic E-state index is -4.65. The lowest BCUT2D eigenvalue weighted by Crippen LogP contribution is -2.20. The number of hydrogen-bond donors (Lipinski definition) is 0. The van der Waals surface area contributed by atoms with Gasteiger partial charge < -0.3 is 13.7 Å². The molecule has 0 unspecified atom stereocenters. The molecule has 0 saturated heterocycles. The number of rotatable bonds is 10. The van der Waals surface area contributed by atoms with E-state index in [0.717, 1.165) is 80.6 Å². The standard InChI is InChI=1S/C21H22F3N3O2.C13H12BrF3N2O/c1-3-13-10-16(12-26(2)20(13)28)15-6-7-17-18(11-15)27(8-9-29-21(22,23)24)19(25-17)14-4-5-14;14-9-3-4-10-11(7-9)19(5-6-20-13(15,16)17)12(18-10)8-1-2-8/h6-7,10-12,14H,3-5,8-9H2,1-2H3;3-4,7-8H,1-2,5-6H2. The molecule has 0 N–H and O–H groups in total. The van der Waals surface area contributed by atoms with Crippen LogP contribution in [0.2, 0.25) is 0 Å². The maximum atomic E-state index is 12.4. The zero-order valence-corrected chi connectivity index (χ0v) is 28.3. The van der Waals surface area contributed by atoms with Gasteiger partial charge in [0.1, 0.15) is 11.6 Å². The molecule has 3 aromatic heterocycles. The van der Waals surface area contributed by atoms with E-state index in [1.54, 1.807) is 17.8 Å². The summed E-state index contributed by atoms with van der Waals surface area (Å²) in [6.45, 7) is 1.30. The van der Waals surface area contributed by atoms with Crippen LogP contribution in [0.5, 0.6) is 0 Å². The summed E-state index contributed by atoms with van der Waals surface area (Å²) in [5.74, 6) is 2.34. The Kier molecular flexibility index (Phi) is 9.97. The van der Waals surface area contributed by atoms with Crippen LogP contribution in [-0.4, -0.2) is 49.6 Å². The van der Waals surface area contributed by atoms with Crippen LogP contribution < -0.4 is 5.56 Å². The normalized spacial score (nSPS) is 15.2. The van der Waals surface area contributed by atoms with Gasteiger partial charge in [0.25, 0.3) is 5.56 Å². The number of alkyl halides is 6. The lowest BCUT2D eigenvalue weighted by Gasteiger charge is -2.12. The fourth-order valence-electron chi connectivity index (χ4n) is 5.91. The third kappa shape index (κ3) is 8.55. The Bertz CT molecular complexity index is 2030. The van der Waals surface area contributed by atoms with Crippen molar-refractivity contribution in [3.8, 4) is 11.1 Å². The van der Waals surface area contributed by atoms with E-state index in [2.05, 4.69) is 35.4 Å². The molecule has 2 fully saturated rings. The van der Waals surface area contributed by atoms with Gasteiger partial charge in [-0.3, -0.25) is 14.3 Å². The molecule has 0 atom stereocenters. The van der Waals surface area contributed by atoms with Gasteiger partial charge in [-0.15, -0.1) is 26.3 Å². The van der Waals surface area contributed by atoms with E-state index < -0.39 is 25.9 Å². The monoisotopic (exact) mass is 753 g/mol. The maximum Gasteiger partial charge on any atom is 0.522 e. The smallest absolute Gasteiger partial charge is 0.325 e. The summed E-state index contributed by atoms with van der Waals surface area (Å²) in [6.07, 6.45) is -2.74. The van der Waals surface area contributed by atoms with Gasteiger partial charge in [-0.2, -0.15) is 0 Å². The molecule has 2 aromatic carbocycles. The average molecular weight is 755 g/mol. The van der Waals surface area contributed by atoms with Gasteiger partial charge in [0.05, 0.1) is 35.3 Å². The molecule has 5 aromatic rings. The molecule has 0 aliphatic heterocycles. The Hall–Kier alpha value is -3.69. The number of benzene rings is 2. The van der Waals surface area contributed by atoms with Crippen LogP contribution in [-0.2, 0) is 36.0 Å². The fraction of sp³-hybridized carbons (Fsp3) is 0.441. The van der Waals surface area contributed by atoms with E-state index in [1.807, 2.05) is 58.5 Å². The third-order valence-electron chi connectivity index (χ3n) is 8.54. The van der Waals surface area contributed by atoms with E-state index in [9.17, 15) is 31.1 Å². The molecule has 0 amide bonds. The quantitative estimate of drug-likeness (QED) is 0.134. The van der Waals surface area contributed by atoms with Crippen molar-refractivity contribution in [1.82, 2.24) is 23.7 Å². The predicted molar refractivity (Wildman–Crippen MR) is 175 cm³/mol. The minimum Gasteiger partial charge on any atom is -0.325 e. The summed E-state index contributed by atoms with van der Waals surface area (Å²) < 4.78 is 87.5. The van der Waals surface area contributed by atoms with E-state index >= 15 is 0 Å². The van der Waals surface area contributed by atoms with Crippen molar-refractivity contribution in [1.29, 1.82) is 0 Å². The number of hydrogen-bond acceptors (Lipinski definition) is 5. The van der Waals surface area contributed by atoms with Crippen molar-refractivity contribution in [2.24, 2.45) is 7.05 Å². The fourth-order valence-corrected chi connectivity index (χ4v) is 6.26. The van der Waals surface area contributed by atoms with Gasteiger partial charge >= 0.3 is 12.7 Å². The van der Waals surface area contributed by atoms with Gasteiger partial charge in [0.2, 0.25) is 0 Å². The Morgan fingerprint density at radius 2 is 1.29 bits per heavy atom. The summed E-state index contributed by atoms with van der Waals surface area (Å²) in [5.41, 5.74) is 5.65. The van der Waals surface area contributed by atoms with Crippen molar-refractivity contribution < 1.29 is 35.8 Å². The van der Waals surface area contributed by atoms with Crippen LogP contribution in [0.3, 0.4) is 0 Å². The second-order valence-electron chi connectivity index (χ2n) is 12.2. The summed E-state index contributed by atoms with van der Waals surface area (Å²) >= 11 is 3.38. The number of pyridine rings is 1. The highest BCUT2D eigenvalue weighted by Crippen LogP contribution is 2.42. The number of aryl methyl sites for hydroxylation is 2. The summed E-state index contributed by atoms with van der Waals surface area (Å²) in [7, 11) is 1.72. The molecule has 3 heterocycles. The van der Waals surface area contributed by atoms with Crippen molar-refractivity contribution in [3.05, 3.63) is 80.7 Å². The maximum absolute atomic E-state index is 12.4. The van der Waals surface area contributed by atoms with Gasteiger partial charge in [-0.1, -0.05) is 28.9 Å². The van der Waals surface area contributed by atoms with E-state index in [0.29, 0.717) is 18.3 Å². The molecule has 262 valence electrons. The number of fused-ring (bicyclic) bond motifs is 2. The molecule has 2 aliphatic carbocycles. The van der Waals surface area contributed by atoms with Crippen molar-refractivity contribution in [3.63, 3.8) is 0 Å². The van der Waals surface area contributed by atoms with Gasteiger partial charge in [0, 0.05) is 48.2 Å². The Labute approximate surface area is 285 Å². The van der Waals surface area contributed by atoms with Gasteiger partial charge in [-0.05, 0) is 79.6 Å². The van der Waals surface area contributed by atoms with Crippen molar-refractivity contribution >= 4 is 38.0 Å². The highest BCUT2D eigenvalue weighted by molar-refractivity contribution is 9.10. The molecule has 2 aliphatic rings. The number of aromatic nitrogens is 5. The largest absolute Gasteiger partial charge is 0.522 e. The number of ether oxygens (including phenoxy) is 2. The Balaban J connectivity index is 0.000000182.